The third-order valence-electron chi connectivity index (χ3n) is 3.83. The summed E-state index contributed by atoms with van der Waals surface area (Å²) < 4.78 is 0. The van der Waals surface area contributed by atoms with E-state index in [9.17, 15) is 9.59 Å². The van der Waals surface area contributed by atoms with Crippen LogP contribution < -0.4 is 4.90 Å². The number of anilines is 1. The Morgan fingerprint density at radius 1 is 1.39 bits per heavy atom. The van der Waals surface area contributed by atoms with Crippen LogP contribution in [0.15, 0.2) is 16.8 Å². The number of hydrogen-bond acceptors (Lipinski definition) is 3. The van der Waals surface area contributed by atoms with Crippen molar-refractivity contribution in [2.24, 2.45) is 0 Å². The van der Waals surface area contributed by atoms with E-state index in [0.29, 0.717) is 6.42 Å². The van der Waals surface area contributed by atoms with Crippen molar-refractivity contribution >= 4 is 28.8 Å². The summed E-state index contributed by atoms with van der Waals surface area (Å²) in [5.74, 6) is 0.211. The molecule has 0 saturated carbocycles. The summed E-state index contributed by atoms with van der Waals surface area (Å²) in [7, 11) is 0. The maximum atomic E-state index is 12.6. The highest BCUT2D eigenvalue weighted by Gasteiger charge is 2.47. The van der Waals surface area contributed by atoms with Crippen LogP contribution in [0.1, 0.15) is 26.2 Å². The molecule has 0 aliphatic carbocycles. The third kappa shape index (κ3) is 1.57. The first-order chi connectivity index (χ1) is 8.74. The molecule has 0 bridgehead atoms. The molecular formula is C13H16N2O2S. The topological polar surface area (TPSA) is 40.6 Å². The van der Waals surface area contributed by atoms with Crippen LogP contribution in [-0.2, 0) is 9.59 Å². The number of thiophene rings is 1. The standard InChI is InChI=1S/C13H16N2O2S/c1-2-10-12(16)14-6-3-4-11(14)13(17)15(10)9-5-7-18-8-9/h5,7-8,10-11H,2-4,6H2,1H3. The van der Waals surface area contributed by atoms with Crippen molar-refractivity contribution in [3.63, 3.8) is 0 Å². The molecule has 96 valence electrons. The molecule has 3 heterocycles. The Labute approximate surface area is 110 Å². The van der Waals surface area contributed by atoms with Gasteiger partial charge < -0.3 is 4.90 Å². The van der Waals surface area contributed by atoms with Gasteiger partial charge in [0.2, 0.25) is 5.91 Å². The third-order valence-corrected chi connectivity index (χ3v) is 4.50. The van der Waals surface area contributed by atoms with Crippen LogP contribution in [0.2, 0.25) is 0 Å². The largest absolute Gasteiger partial charge is 0.329 e. The molecule has 2 unspecified atom stereocenters. The molecule has 1 aromatic rings. The summed E-state index contributed by atoms with van der Waals surface area (Å²) in [4.78, 5) is 28.5. The minimum Gasteiger partial charge on any atom is -0.329 e. The Bertz CT molecular complexity index is 471. The number of piperazine rings is 1. The second-order valence-corrected chi connectivity index (χ2v) is 5.58. The Morgan fingerprint density at radius 2 is 2.22 bits per heavy atom. The number of fused-ring (bicyclic) bond motifs is 1. The van der Waals surface area contributed by atoms with Crippen molar-refractivity contribution in [2.45, 2.75) is 38.3 Å². The Kier molecular flexibility index (Phi) is 2.86. The van der Waals surface area contributed by atoms with Crippen molar-refractivity contribution in [1.82, 2.24) is 4.90 Å². The Hall–Kier alpha value is -1.36. The van der Waals surface area contributed by atoms with E-state index in [1.54, 1.807) is 21.1 Å². The van der Waals surface area contributed by atoms with E-state index in [0.717, 1.165) is 25.1 Å². The SMILES string of the molecule is CCC1C(=O)N2CCCC2C(=O)N1c1ccsc1. The van der Waals surface area contributed by atoms with E-state index in [4.69, 9.17) is 0 Å². The van der Waals surface area contributed by atoms with E-state index in [1.807, 2.05) is 23.8 Å². The Morgan fingerprint density at radius 3 is 2.89 bits per heavy atom. The summed E-state index contributed by atoms with van der Waals surface area (Å²) in [6.45, 7) is 2.70. The highest BCUT2D eigenvalue weighted by atomic mass is 32.1. The first-order valence-electron chi connectivity index (χ1n) is 6.39. The molecular weight excluding hydrogens is 248 g/mol. The molecule has 2 aliphatic heterocycles. The highest BCUT2D eigenvalue weighted by molar-refractivity contribution is 7.08. The number of amides is 2. The van der Waals surface area contributed by atoms with Crippen molar-refractivity contribution < 1.29 is 9.59 Å². The quantitative estimate of drug-likeness (QED) is 0.818. The molecule has 0 N–H and O–H groups in total. The fraction of sp³-hybridized carbons (Fsp3) is 0.538. The second kappa shape index (κ2) is 4.39. The number of rotatable bonds is 2. The van der Waals surface area contributed by atoms with Crippen molar-refractivity contribution in [3.05, 3.63) is 16.8 Å². The smallest absolute Gasteiger partial charge is 0.250 e. The maximum absolute atomic E-state index is 12.6. The van der Waals surface area contributed by atoms with Gasteiger partial charge in [-0.1, -0.05) is 6.92 Å². The molecule has 3 rings (SSSR count). The first-order valence-corrected chi connectivity index (χ1v) is 7.34. The first kappa shape index (κ1) is 11.7. The van der Waals surface area contributed by atoms with Gasteiger partial charge in [-0.15, -0.1) is 0 Å². The molecule has 2 amide bonds. The van der Waals surface area contributed by atoms with E-state index >= 15 is 0 Å². The van der Waals surface area contributed by atoms with E-state index < -0.39 is 0 Å². The fourth-order valence-corrected chi connectivity index (χ4v) is 3.59. The monoisotopic (exact) mass is 264 g/mol. The lowest BCUT2D eigenvalue weighted by Crippen LogP contribution is -2.62. The minimum absolute atomic E-state index is 0.0948. The van der Waals surface area contributed by atoms with Gasteiger partial charge in [-0.3, -0.25) is 14.5 Å². The van der Waals surface area contributed by atoms with Gasteiger partial charge in [-0.2, -0.15) is 11.3 Å². The van der Waals surface area contributed by atoms with Crippen LogP contribution in [-0.4, -0.2) is 35.3 Å². The lowest BCUT2D eigenvalue weighted by Gasteiger charge is -2.41. The van der Waals surface area contributed by atoms with Gasteiger partial charge in [0.1, 0.15) is 12.1 Å². The summed E-state index contributed by atoms with van der Waals surface area (Å²) in [6, 6.07) is 1.38. The van der Waals surface area contributed by atoms with Crippen LogP contribution in [0.25, 0.3) is 0 Å². The van der Waals surface area contributed by atoms with E-state index in [2.05, 4.69) is 0 Å². The lowest BCUT2D eigenvalue weighted by molar-refractivity contribution is -0.144. The van der Waals surface area contributed by atoms with Crippen molar-refractivity contribution in [2.75, 3.05) is 11.4 Å². The molecule has 0 spiro atoms. The molecule has 0 aromatic carbocycles. The zero-order valence-corrected chi connectivity index (χ0v) is 11.2. The summed E-state index contributed by atoms with van der Waals surface area (Å²) in [5, 5.41) is 3.89. The van der Waals surface area contributed by atoms with Crippen LogP contribution in [0, 0.1) is 0 Å². The van der Waals surface area contributed by atoms with Gasteiger partial charge in [0.05, 0.1) is 5.69 Å². The normalized spacial score (nSPS) is 27.8. The molecule has 0 radical (unpaired) electrons. The van der Waals surface area contributed by atoms with E-state index in [-0.39, 0.29) is 23.9 Å². The predicted molar refractivity (Wildman–Crippen MR) is 70.6 cm³/mol. The average molecular weight is 264 g/mol. The number of nitrogens with zero attached hydrogens (tertiary/aromatic N) is 2. The summed E-state index contributed by atoms with van der Waals surface area (Å²) in [6.07, 6.45) is 2.42. The lowest BCUT2D eigenvalue weighted by atomic mass is 10.0. The molecule has 2 saturated heterocycles. The molecule has 2 fully saturated rings. The second-order valence-electron chi connectivity index (χ2n) is 4.80. The van der Waals surface area contributed by atoms with Crippen LogP contribution in [0.5, 0.6) is 0 Å². The summed E-state index contributed by atoms with van der Waals surface area (Å²) in [5.41, 5.74) is 0.872. The molecule has 2 aliphatic rings. The number of carbonyl (C=O) groups excluding carboxylic acids is 2. The van der Waals surface area contributed by atoms with Crippen LogP contribution >= 0.6 is 11.3 Å². The average Bonchev–Trinajstić information content (AvgIpc) is 3.02. The summed E-state index contributed by atoms with van der Waals surface area (Å²) >= 11 is 1.56. The molecule has 4 nitrogen and oxygen atoms in total. The van der Waals surface area contributed by atoms with Gasteiger partial charge >= 0.3 is 0 Å². The van der Waals surface area contributed by atoms with Gasteiger partial charge in [-0.05, 0) is 30.7 Å². The predicted octanol–water partition coefficient (Wildman–Crippen LogP) is 1.86. The van der Waals surface area contributed by atoms with Crippen LogP contribution in [0.4, 0.5) is 5.69 Å². The highest BCUT2D eigenvalue weighted by Crippen LogP contribution is 2.32. The number of hydrogen-bond donors (Lipinski definition) is 0. The molecule has 5 heteroatoms. The molecule has 18 heavy (non-hydrogen) atoms. The zero-order chi connectivity index (χ0) is 12.7. The fourth-order valence-electron chi connectivity index (χ4n) is 2.96. The minimum atomic E-state index is -0.318. The van der Waals surface area contributed by atoms with Crippen molar-refractivity contribution in [3.8, 4) is 0 Å². The van der Waals surface area contributed by atoms with Gasteiger partial charge in [-0.25, -0.2) is 0 Å². The van der Waals surface area contributed by atoms with Gasteiger partial charge in [0.25, 0.3) is 5.91 Å². The van der Waals surface area contributed by atoms with Crippen molar-refractivity contribution in [1.29, 1.82) is 0 Å². The van der Waals surface area contributed by atoms with E-state index in [1.165, 1.54) is 0 Å². The zero-order valence-electron chi connectivity index (χ0n) is 10.3. The van der Waals surface area contributed by atoms with Gasteiger partial charge in [0.15, 0.2) is 0 Å². The molecule has 1 aromatic heterocycles. The number of carbonyl (C=O) groups is 2. The van der Waals surface area contributed by atoms with Crippen LogP contribution in [0.3, 0.4) is 0 Å². The maximum Gasteiger partial charge on any atom is 0.250 e. The van der Waals surface area contributed by atoms with Gasteiger partial charge in [0, 0.05) is 11.9 Å². The Balaban J connectivity index is 2.00. The molecule has 2 atom stereocenters.